The first-order chi connectivity index (χ1) is 7.09. The highest BCUT2D eigenvalue weighted by molar-refractivity contribution is 6.35. The fourth-order valence-electron chi connectivity index (χ4n) is 1.59. The number of rotatable bonds is 2. The van der Waals surface area contributed by atoms with Crippen LogP contribution in [0.15, 0.2) is 24.4 Å². The van der Waals surface area contributed by atoms with Gasteiger partial charge in [-0.2, -0.15) is 0 Å². The first-order valence-electron chi connectivity index (χ1n) is 4.52. The number of fused-ring (bicyclic) bond motifs is 1. The van der Waals surface area contributed by atoms with E-state index < -0.39 is 5.82 Å². The highest BCUT2D eigenvalue weighted by Gasteiger charge is 2.09. The van der Waals surface area contributed by atoms with Crippen LogP contribution in [0.3, 0.4) is 0 Å². The van der Waals surface area contributed by atoms with Crippen molar-refractivity contribution in [2.75, 3.05) is 0 Å². The highest BCUT2D eigenvalue weighted by Crippen LogP contribution is 2.27. The monoisotopic (exact) mass is 225 g/mol. The van der Waals surface area contributed by atoms with Crippen LogP contribution in [0.25, 0.3) is 10.9 Å². The fraction of sp³-hybridized carbons (Fsp3) is 0.182. The van der Waals surface area contributed by atoms with E-state index in [-0.39, 0.29) is 17.4 Å². The second-order valence-electron chi connectivity index (χ2n) is 3.44. The molecule has 0 saturated carbocycles. The number of Topliss-reactive ketones (excluding diaryl/α,β-unsaturated/α-hetero) is 1. The van der Waals surface area contributed by atoms with E-state index in [1.54, 1.807) is 22.9 Å². The first-order valence-corrected chi connectivity index (χ1v) is 4.89. The van der Waals surface area contributed by atoms with Crippen molar-refractivity contribution >= 4 is 28.3 Å². The van der Waals surface area contributed by atoms with Crippen molar-refractivity contribution in [2.24, 2.45) is 0 Å². The summed E-state index contributed by atoms with van der Waals surface area (Å²) in [7, 11) is 0. The lowest BCUT2D eigenvalue weighted by Gasteiger charge is -2.02. The van der Waals surface area contributed by atoms with Gasteiger partial charge >= 0.3 is 0 Å². The smallest absolute Gasteiger partial charge is 0.149 e. The first kappa shape index (κ1) is 10.2. The van der Waals surface area contributed by atoms with Crippen molar-refractivity contribution in [2.45, 2.75) is 13.5 Å². The third-order valence-electron chi connectivity index (χ3n) is 2.23. The number of nitrogens with zero attached hydrogens (tertiary/aromatic N) is 1. The number of carbonyl (C=O) groups is 1. The van der Waals surface area contributed by atoms with Crippen LogP contribution >= 0.6 is 11.6 Å². The van der Waals surface area contributed by atoms with Gasteiger partial charge in [0.15, 0.2) is 0 Å². The summed E-state index contributed by atoms with van der Waals surface area (Å²) in [5, 5.41) is 0.743. The third-order valence-corrected chi connectivity index (χ3v) is 2.62. The molecular formula is C11H9ClFNO. The van der Waals surface area contributed by atoms with Gasteiger partial charge in [-0.25, -0.2) is 4.39 Å². The second-order valence-corrected chi connectivity index (χ2v) is 3.82. The summed E-state index contributed by atoms with van der Waals surface area (Å²) in [6.07, 6.45) is 1.73. The quantitative estimate of drug-likeness (QED) is 0.770. The molecule has 2 nitrogen and oxygen atoms in total. The van der Waals surface area contributed by atoms with Gasteiger partial charge in [0.1, 0.15) is 11.6 Å². The van der Waals surface area contributed by atoms with Gasteiger partial charge in [-0.05, 0) is 25.1 Å². The van der Waals surface area contributed by atoms with E-state index in [1.807, 2.05) is 0 Å². The molecule has 0 saturated heterocycles. The van der Waals surface area contributed by atoms with E-state index in [9.17, 15) is 9.18 Å². The van der Waals surface area contributed by atoms with Crippen molar-refractivity contribution in [1.82, 2.24) is 4.57 Å². The van der Waals surface area contributed by atoms with Crippen molar-refractivity contribution in [3.63, 3.8) is 0 Å². The summed E-state index contributed by atoms with van der Waals surface area (Å²) in [6, 6.07) is 4.64. The van der Waals surface area contributed by atoms with Crippen LogP contribution in [-0.4, -0.2) is 10.4 Å². The lowest BCUT2D eigenvalue weighted by molar-refractivity contribution is -0.117. The number of ketones is 1. The number of benzene rings is 1. The van der Waals surface area contributed by atoms with Crippen molar-refractivity contribution in [1.29, 1.82) is 0 Å². The van der Waals surface area contributed by atoms with Crippen LogP contribution in [0.2, 0.25) is 5.02 Å². The molecule has 0 spiro atoms. The van der Waals surface area contributed by atoms with E-state index in [0.29, 0.717) is 5.39 Å². The van der Waals surface area contributed by atoms with E-state index >= 15 is 0 Å². The Bertz CT molecular complexity index is 533. The van der Waals surface area contributed by atoms with Crippen LogP contribution in [0, 0.1) is 5.82 Å². The van der Waals surface area contributed by atoms with Gasteiger partial charge in [-0.1, -0.05) is 11.6 Å². The Morgan fingerprint density at radius 2 is 2.20 bits per heavy atom. The molecule has 0 fully saturated rings. The highest BCUT2D eigenvalue weighted by atomic mass is 35.5. The molecule has 0 aliphatic rings. The van der Waals surface area contributed by atoms with Gasteiger partial charge in [-0.3, -0.25) is 4.79 Å². The van der Waals surface area contributed by atoms with E-state index in [0.717, 1.165) is 5.52 Å². The maximum absolute atomic E-state index is 13.1. The van der Waals surface area contributed by atoms with E-state index in [1.165, 1.54) is 13.0 Å². The summed E-state index contributed by atoms with van der Waals surface area (Å²) in [4.78, 5) is 11.0. The minimum atomic E-state index is -0.440. The van der Waals surface area contributed by atoms with Gasteiger partial charge < -0.3 is 4.57 Å². The van der Waals surface area contributed by atoms with Crippen molar-refractivity contribution in [3.8, 4) is 0 Å². The second kappa shape index (κ2) is 3.66. The molecule has 1 aromatic heterocycles. The normalized spacial score (nSPS) is 10.9. The van der Waals surface area contributed by atoms with Crippen LogP contribution < -0.4 is 0 Å². The number of hydrogen-bond donors (Lipinski definition) is 0. The van der Waals surface area contributed by atoms with Gasteiger partial charge in [0.05, 0.1) is 17.1 Å². The molecule has 1 heterocycles. The van der Waals surface area contributed by atoms with Gasteiger partial charge in [-0.15, -0.1) is 0 Å². The molecule has 0 atom stereocenters. The molecule has 2 rings (SSSR count). The summed E-state index contributed by atoms with van der Waals surface area (Å²) in [5.74, 6) is -0.391. The Morgan fingerprint density at radius 3 is 2.87 bits per heavy atom. The maximum Gasteiger partial charge on any atom is 0.149 e. The van der Waals surface area contributed by atoms with Crippen LogP contribution in [0.5, 0.6) is 0 Å². The van der Waals surface area contributed by atoms with E-state index in [4.69, 9.17) is 11.6 Å². The molecule has 0 aliphatic heterocycles. The van der Waals surface area contributed by atoms with Gasteiger partial charge in [0.2, 0.25) is 0 Å². The molecule has 4 heteroatoms. The minimum absolute atomic E-state index is 0.0490. The molecular weight excluding hydrogens is 217 g/mol. The lowest BCUT2D eigenvalue weighted by Crippen LogP contribution is -2.04. The van der Waals surface area contributed by atoms with Crippen LogP contribution in [-0.2, 0) is 11.3 Å². The molecule has 78 valence electrons. The average molecular weight is 226 g/mol. The van der Waals surface area contributed by atoms with E-state index in [2.05, 4.69) is 0 Å². The number of hydrogen-bond acceptors (Lipinski definition) is 1. The fourth-order valence-corrected chi connectivity index (χ4v) is 1.81. The molecule has 0 unspecified atom stereocenters. The van der Waals surface area contributed by atoms with Gasteiger partial charge in [0.25, 0.3) is 0 Å². The Hall–Kier alpha value is -1.35. The molecule has 0 N–H and O–H groups in total. The minimum Gasteiger partial charge on any atom is -0.340 e. The Morgan fingerprint density at radius 1 is 1.47 bits per heavy atom. The Balaban J connectivity index is 2.61. The largest absolute Gasteiger partial charge is 0.340 e. The number of halogens is 2. The zero-order chi connectivity index (χ0) is 11.0. The maximum atomic E-state index is 13.1. The topological polar surface area (TPSA) is 22.0 Å². The SMILES string of the molecule is CC(=O)Cn1ccc2c(Cl)c(F)ccc21. The predicted molar refractivity (Wildman–Crippen MR) is 57.6 cm³/mol. The molecule has 15 heavy (non-hydrogen) atoms. The number of aromatic nitrogens is 1. The Kier molecular flexibility index (Phi) is 2.49. The van der Waals surface area contributed by atoms with Crippen molar-refractivity contribution in [3.05, 3.63) is 35.2 Å². The average Bonchev–Trinajstić information content (AvgIpc) is 2.55. The standard InChI is InChI=1S/C11H9ClFNO/c1-7(15)6-14-5-4-8-10(14)3-2-9(13)11(8)12/h2-5H,6H2,1H3. The zero-order valence-electron chi connectivity index (χ0n) is 8.13. The summed E-state index contributed by atoms with van der Waals surface area (Å²) >= 11 is 5.80. The summed E-state index contributed by atoms with van der Waals surface area (Å²) < 4.78 is 14.9. The number of carbonyl (C=O) groups excluding carboxylic acids is 1. The summed E-state index contributed by atoms with van der Waals surface area (Å²) in [5.41, 5.74) is 0.775. The molecule has 2 aromatic rings. The Labute approximate surface area is 91.3 Å². The molecule has 0 aliphatic carbocycles. The van der Waals surface area contributed by atoms with Crippen LogP contribution in [0.4, 0.5) is 4.39 Å². The molecule has 0 radical (unpaired) electrons. The van der Waals surface area contributed by atoms with Crippen LogP contribution in [0.1, 0.15) is 6.92 Å². The predicted octanol–water partition coefficient (Wildman–Crippen LogP) is 3.02. The zero-order valence-corrected chi connectivity index (χ0v) is 8.88. The van der Waals surface area contributed by atoms with Crippen molar-refractivity contribution < 1.29 is 9.18 Å². The molecule has 0 bridgehead atoms. The lowest BCUT2D eigenvalue weighted by atomic mass is 10.2. The third kappa shape index (κ3) is 1.75. The molecule has 1 aromatic carbocycles. The summed E-state index contributed by atoms with van der Waals surface area (Å²) in [6.45, 7) is 1.79. The van der Waals surface area contributed by atoms with Gasteiger partial charge in [0, 0.05) is 11.6 Å². The molecule has 0 amide bonds.